The Kier molecular flexibility index (Phi) is 5.53. The van der Waals surface area contributed by atoms with Gasteiger partial charge in [-0.05, 0) is 0 Å². The molecule has 0 aliphatic carbocycles. The molecule has 0 spiro atoms. The fraction of sp³-hybridized carbons (Fsp3) is 0. The van der Waals surface area contributed by atoms with Crippen LogP contribution in [0.25, 0.3) is 0 Å². The van der Waals surface area contributed by atoms with Gasteiger partial charge >= 0.3 is 119 Å². The Morgan fingerprint density at radius 3 is 0.900 bits per heavy atom. The summed E-state index contributed by atoms with van der Waals surface area (Å²) >= 11 is -1.36. The van der Waals surface area contributed by atoms with Crippen molar-refractivity contribution in [2.24, 2.45) is 0 Å². The van der Waals surface area contributed by atoms with Crippen LogP contribution in [0.4, 0.5) is 0 Å². The van der Waals surface area contributed by atoms with E-state index in [-0.39, 0.29) is 12.4 Å². The first-order valence-electron chi connectivity index (χ1n) is 6.26. The molecule has 2 heteroatoms. The molecule has 0 nitrogen and oxygen atoms in total. The van der Waals surface area contributed by atoms with Crippen LogP contribution in [0.5, 0.6) is 0 Å². The van der Waals surface area contributed by atoms with Crippen molar-refractivity contribution in [1.82, 2.24) is 0 Å². The molecule has 0 bridgehead atoms. The molecule has 0 heterocycles. The van der Waals surface area contributed by atoms with Gasteiger partial charge in [-0.25, -0.2) is 0 Å². The second-order valence-corrected chi connectivity index (χ2v) is 8.42. The molecule has 0 radical (unpaired) electrons. The summed E-state index contributed by atoms with van der Waals surface area (Å²) in [5, 5.41) is 0. The molecular formula is C18H16ClRu. The zero-order chi connectivity index (χ0) is 12.9. The van der Waals surface area contributed by atoms with E-state index in [1.54, 1.807) is 0 Å². The zero-order valence-electron chi connectivity index (χ0n) is 10.9. The molecule has 103 valence electrons. The Hall–Kier alpha value is -1.43. The maximum atomic E-state index is 2.26. The van der Waals surface area contributed by atoms with Crippen molar-refractivity contribution < 1.29 is 16.0 Å². The van der Waals surface area contributed by atoms with Crippen molar-refractivity contribution in [3.8, 4) is 0 Å². The quantitative estimate of drug-likeness (QED) is 0.623. The molecule has 0 N–H and O–H groups in total. The molecule has 0 saturated heterocycles. The zero-order valence-corrected chi connectivity index (χ0v) is 13.5. The number of hydrogen-bond acceptors (Lipinski definition) is 0. The molecule has 3 aromatic carbocycles. The molecule has 0 amide bonds. The average molecular weight is 369 g/mol. The van der Waals surface area contributed by atoms with Crippen molar-refractivity contribution in [3.63, 3.8) is 0 Å². The molecule has 20 heavy (non-hydrogen) atoms. The molecule has 0 aliphatic heterocycles. The van der Waals surface area contributed by atoms with E-state index in [1.807, 2.05) is 0 Å². The average Bonchev–Trinajstić information content (AvgIpc) is 2.51. The molecule has 0 unspecified atom stereocenters. The van der Waals surface area contributed by atoms with E-state index >= 15 is 0 Å². The van der Waals surface area contributed by atoms with Crippen LogP contribution in [0.3, 0.4) is 0 Å². The fourth-order valence-electron chi connectivity index (χ4n) is 1.94. The van der Waals surface area contributed by atoms with Crippen LogP contribution in [0, 0.1) is 0 Å². The third kappa shape index (κ3) is 3.36. The predicted octanol–water partition coefficient (Wildman–Crippen LogP) is 3.00. The summed E-state index contributed by atoms with van der Waals surface area (Å²) in [5.74, 6) is 0. The Morgan fingerprint density at radius 1 is 0.400 bits per heavy atom. The van der Waals surface area contributed by atoms with Gasteiger partial charge < -0.3 is 0 Å². The topological polar surface area (TPSA) is 0 Å². The summed E-state index contributed by atoms with van der Waals surface area (Å²) in [5.41, 5.74) is 0. The van der Waals surface area contributed by atoms with Crippen LogP contribution >= 0.6 is 12.4 Å². The molecular weight excluding hydrogens is 353 g/mol. The third-order valence-electron chi connectivity index (χ3n) is 2.79. The summed E-state index contributed by atoms with van der Waals surface area (Å²) in [4.78, 5) is 0. The second kappa shape index (κ2) is 7.38. The fourth-order valence-corrected chi connectivity index (χ4v) is 6.42. The van der Waals surface area contributed by atoms with Gasteiger partial charge in [-0.3, -0.25) is 0 Å². The minimum absolute atomic E-state index is 0. The summed E-state index contributed by atoms with van der Waals surface area (Å²) in [6.45, 7) is 0. The number of benzene rings is 3. The molecule has 0 aromatic heterocycles. The van der Waals surface area contributed by atoms with E-state index in [9.17, 15) is 0 Å². The van der Waals surface area contributed by atoms with E-state index in [1.165, 1.54) is 12.5 Å². The first-order valence-corrected chi connectivity index (χ1v) is 8.87. The standard InChI is InChI=1S/3C6H5.ClH.Ru/c3*1-2-4-6-5-3-1;;/h3*1-5H;1H;. The van der Waals surface area contributed by atoms with E-state index < -0.39 is 16.0 Å². The molecule has 0 aliphatic rings. The van der Waals surface area contributed by atoms with E-state index in [0.29, 0.717) is 0 Å². The van der Waals surface area contributed by atoms with Gasteiger partial charge in [0.05, 0.1) is 0 Å². The number of rotatable bonds is 3. The molecule has 3 rings (SSSR count). The molecule has 0 fully saturated rings. The van der Waals surface area contributed by atoms with Crippen LogP contribution in [-0.4, -0.2) is 0 Å². The van der Waals surface area contributed by atoms with Crippen LogP contribution in [-0.2, 0) is 16.0 Å². The third-order valence-corrected chi connectivity index (χ3v) is 7.54. The minimum atomic E-state index is -1.36. The SMILES string of the molecule is Cl.c1cc[c]([Ru]([c]2ccccc2)[c]2ccccc2)cc1. The Balaban J connectivity index is 0.00000147. The van der Waals surface area contributed by atoms with Gasteiger partial charge in [0.2, 0.25) is 0 Å². The molecule has 3 aromatic rings. The monoisotopic (exact) mass is 369 g/mol. The Bertz CT molecular complexity index is 529. The van der Waals surface area contributed by atoms with Crippen LogP contribution < -0.4 is 12.5 Å². The van der Waals surface area contributed by atoms with Gasteiger partial charge in [0.1, 0.15) is 0 Å². The Morgan fingerprint density at radius 2 is 0.650 bits per heavy atom. The van der Waals surface area contributed by atoms with E-state index in [4.69, 9.17) is 0 Å². The van der Waals surface area contributed by atoms with Crippen LogP contribution in [0.2, 0.25) is 0 Å². The second-order valence-electron chi connectivity index (χ2n) is 4.11. The van der Waals surface area contributed by atoms with Crippen LogP contribution in [0.15, 0.2) is 91.0 Å². The molecule has 0 saturated carbocycles. The van der Waals surface area contributed by atoms with E-state index in [0.717, 1.165) is 0 Å². The predicted molar refractivity (Wildman–Crippen MR) is 85.5 cm³/mol. The number of hydrogen-bond donors (Lipinski definition) is 0. The van der Waals surface area contributed by atoms with Crippen molar-refractivity contribution in [3.05, 3.63) is 91.0 Å². The number of halogens is 1. The van der Waals surface area contributed by atoms with Crippen molar-refractivity contribution in [2.45, 2.75) is 0 Å². The van der Waals surface area contributed by atoms with Crippen molar-refractivity contribution in [1.29, 1.82) is 0 Å². The van der Waals surface area contributed by atoms with Gasteiger partial charge in [0, 0.05) is 0 Å². The van der Waals surface area contributed by atoms with Crippen LogP contribution in [0.1, 0.15) is 0 Å². The maximum absolute atomic E-state index is 2.26. The summed E-state index contributed by atoms with van der Waals surface area (Å²) in [6, 6.07) is 32.7. The van der Waals surface area contributed by atoms with Crippen molar-refractivity contribution >= 4 is 24.9 Å². The van der Waals surface area contributed by atoms with Gasteiger partial charge in [0.25, 0.3) is 0 Å². The normalized spacial score (nSPS) is 10.5. The first kappa shape index (κ1) is 15.0. The van der Waals surface area contributed by atoms with Gasteiger partial charge in [0.15, 0.2) is 0 Å². The summed E-state index contributed by atoms with van der Waals surface area (Å²) < 4.78 is 4.43. The molecule has 0 atom stereocenters. The van der Waals surface area contributed by atoms with Gasteiger partial charge in [-0.15, -0.1) is 12.4 Å². The van der Waals surface area contributed by atoms with Gasteiger partial charge in [-0.1, -0.05) is 0 Å². The van der Waals surface area contributed by atoms with E-state index in [2.05, 4.69) is 91.0 Å². The Labute approximate surface area is 131 Å². The van der Waals surface area contributed by atoms with Gasteiger partial charge in [-0.2, -0.15) is 0 Å². The summed E-state index contributed by atoms with van der Waals surface area (Å²) in [6.07, 6.45) is 0. The first-order chi connectivity index (χ1) is 9.45. The van der Waals surface area contributed by atoms with Crippen molar-refractivity contribution in [2.75, 3.05) is 0 Å². The summed E-state index contributed by atoms with van der Waals surface area (Å²) in [7, 11) is 0.